The van der Waals surface area contributed by atoms with E-state index in [9.17, 15) is 4.79 Å². The molecule has 0 aromatic heterocycles. The summed E-state index contributed by atoms with van der Waals surface area (Å²) in [6, 6.07) is 27.0. The molecule has 0 radical (unpaired) electrons. The fraction of sp³-hybridized carbons (Fsp3) is 0.0400. The maximum Gasteiger partial charge on any atom is 0.275 e. The van der Waals surface area contributed by atoms with Crippen molar-refractivity contribution >= 4 is 46.3 Å². The molecule has 0 unspecified atom stereocenters. The quantitative estimate of drug-likeness (QED) is 0.275. The Morgan fingerprint density at radius 3 is 2.39 bits per heavy atom. The van der Waals surface area contributed by atoms with Gasteiger partial charge in [0.25, 0.3) is 5.91 Å². The molecule has 0 saturated carbocycles. The van der Waals surface area contributed by atoms with Crippen LogP contribution in [-0.4, -0.2) is 19.2 Å². The number of amides is 1. The Morgan fingerprint density at radius 2 is 1.65 bits per heavy atom. The van der Waals surface area contributed by atoms with Gasteiger partial charge in [0.2, 0.25) is 0 Å². The number of carbonyl (C=O) groups is 1. The van der Waals surface area contributed by atoms with Crippen LogP contribution in [-0.2, 0) is 0 Å². The first-order chi connectivity index (χ1) is 15.1. The van der Waals surface area contributed by atoms with Gasteiger partial charge in [-0.3, -0.25) is 4.79 Å². The number of nitrogens with one attached hydrogen (secondary N) is 1. The molecule has 0 atom stereocenters. The van der Waals surface area contributed by atoms with Gasteiger partial charge in [-0.05, 0) is 53.2 Å². The lowest BCUT2D eigenvalue weighted by atomic mass is 10.1. The number of rotatable bonds is 6. The van der Waals surface area contributed by atoms with Gasteiger partial charge in [-0.15, -0.1) is 0 Å². The number of ether oxygens (including phenoxy) is 1. The summed E-state index contributed by atoms with van der Waals surface area (Å²) in [5, 5.41) is 6.84. The average molecular weight is 447 g/mol. The van der Waals surface area contributed by atoms with Gasteiger partial charge in [-0.1, -0.05) is 65.8 Å². The molecule has 4 rings (SSSR count). The van der Waals surface area contributed by atoms with Gasteiger partial charge in [0.15, 0.2) is 0 Å². The number of nitrogens with zero attached hydrogens (tertiary/aromatic N) is 1. The number of hydrogen-bond acceptors (Lipinski definition) is 4. The minimum Gasteiger partial charge on any atom is -0.496 e. The molecule has 0 saturated heterocycles. The Kier molecular flexibility index (Phi) is 6.55. The second-order valence-corrected chi connectivity index (χ2v) is 8.24. The van der Waals surface area contributed by atoms with Crippen LogP contribution in [0.5, 0.6) is 5.75 Å². The molecule has 4 aromatic rings. The molecule has 0 aliphatic carbocycles. The normalized spacial score (nSPS) is 11.0. The molecule has 6 heteroatoms. The number of benzene rings is 4. The first-order valence-corrected chi connectivity index (χ1v) is 10.8. The van der Waals surface area contributed by atoms with E-state index in [2.05, 4.69) is 10.5 Å². The Hall–Kier alpha value is -3.28. The summed E-state index contributed by atoms with van der Waals surface area (Å²) in [6.07, 6.45) is 1.64. The van der Waals surface area contributed by atoms with E-state index in [0.29, 0.717) is 16.3 Å². The highest BCUT2D eigenvalue weighted by Gasteiger charge is 2.13. The zero-order valence-electron chi connectivity index (χ0n) is 16.7. The minimum absolute atomic E-state index is 0.332. The van der Waals surface area contributed by atoms with Crippen molar-refractivity contribution in [3.05, 3.63) is 101 Å². The molecule has 1 amide bonds. The molecule has 0 aliphatic heterocycles. The number of fused-ring (bicyclic) bond motifs is 1. The predicted molar refractivity (Wildman–Crippen MR) is 128 cm³/mol. The van der Waals surface area contributed by atoms with E-state index >= 15 is 0 Å². The van der Waals surface area contributed by atoms with Crippen molar-refractivity contribution in [2.75, 3.05) is 7.11 Å². The van der Waals surface area contributed by atoms with E-state index in [-0.39, 0.29) is 5.91 Å². The largest absolute Gasteiger partial charge is 0.496 e. The molecule has 0 spiro atoms. The zero-order chi connectivity index (χ0) is 21.6. The van der Waals surface area contributed by atoms with E-state index < -0.39 is 0 Å². The third-order valence-electron chi connectivity index (χ3n) is 4.64. The molecule has 4 nitrogen and oxygen atoms in total. The van der Waals surface area contributed by atoms with E-state index in [1.807, 2.05) is 84.9 Å². The van der Waals surface area contributed by atoms with Crippen LogP contribution in [0.4, 0.5) is 0 Å². The van der Waals surface area contributed by atoms with Crippen molar-refractivity contribution in [3.8, 4) is 5.75 Å². The molecule has 1 N–H and O–H groups in total. The molecule has 0 aliphatic rings. The fourth-order valence-corrected chi connectivity index (χ4v) is 4.13. The summed E-state index contributed by atoms with van der Waals surface area (Å²) in [5.41, 5.74) is 3.94. The highest BCUT2D eigenvalue weighted by Crippen LogP contribution is 2.30. The Labute approximate surface area is 189 Å². The van der Waals surface area contributed by atoms with E-state index in [0.717, 1.165) is 26.1 Å². The van der Waals surface area contributed by atoms with Gasteiger partial charge in [0.05, 0.1) is 18.9 Å². The van der Waals surface area contributed by atoms with Gasteiger partial charge in [-0.2, -0.15) is 5.10 Å². The van der Waals surface area contributed by atoms with E-state index in [1.54, 1.807) is 25.1 Å². The molecular weight excluding hydrogens is 428 g/mol. The standard InChI is InChI=1S/C25H19ClN2O2S/c1-30-23-15-18-7-3-2-6-17(18)14-22(23)25(29)28-27-16-19-8-4-5-9-24(19)31-21-12-10-20(26)11-13-21/h2-16H,1H3,(H,28,29). The summed E-state index contributed by atoms with van der Waals surface area (Å²) < 4.78 is 5.41. The van der Waals surface area contributed by atoms with Crippen LogP contribution >= 0.6 is 23.4 Å². The Bertz CT molecular complexity index is 1260. The molecular formula is C25H19ClN2O2S. The first kappa shape index (κ1) is 21.0. The highest BCUT2D eigenvalue weighted by molar-refractivity contribution is 7.99. The van der Waals surface area contributed by atoms with Gasteiger partial charge in [-0.25, -0.2) is 5.43 Å². The maximum atomic E-state index is 12.7. The molecule has 31 heavy (non-hydrogen) atoms. The second kappa shape index (κ2) is 9.69. The number of halogens is 1. The van der Waals surface area contributed by atoms with Crippen LogP contribution in [0, 0.1) is 0 Å². The van der Waals surface area contributed by atoms with Gasteiger partial charge in [0, 0.05) is 20.4 Å². The monoisotopic (exact) mass is 446 g/mol. The summed E-state index contributed by atoms with van der Waals surface area (Å²) in [6.45, 7) is 0. The van der Waals surface area contributed by atoms with Crippen LogP contribution in [0.25, 0.3) is 10.8 Å². The third-order valence-corrected chi connectivity index (χ3v) is 5.99. The number of carbonyl (C=O) groups excluding carboxylic acids is 1. The molecule has 0 heterocycles. The van der Waals surface area contributed by atoms with Crippen molar-refractivity contribution in [3.63, 3.8) is 0 Å². The average Bonchev–Trinajstić information content (AvgIpc) is 2.80. The lowest BCUT2D eigenvalue weighted by Crippen LogP contribution is -2.18. The minimum atomic E-state index is -0.332. The second-order valence-electron chi connectivity index (χ2n) is 6.69. The van der Waals surface area contributed by atoms with Gasteiger partial charge < -0.3 is 4.74 Å². The number of hydrogen-bond donors (Lipinski definition) is 1. The van der Waals surface area contributed by atoms with Crippen molar-refractivity contribution in [1.29, 1.82) is 0 Å². The maximum absolute atomic E-state index is 12.7. The fourth-order valence-electron chi connectivity index (χ4n) is 3.10. The molecule has 0 fully saturated rings. The predicted octanol–water partition coefficient (Wildman–Crippen LogP) is 6.42. The highest BCUT2D eigenvalue weighted by atomic mass is 35.5. The lowest BCUT2D eigenvalue weighted by molar-refractivity contribution is 0.0952. The van der Waals surface area contributed by atoms with Crippen molar-refractivity contribution in [2.24, 2.45) is 5.10 Å². The van der Waals surface area contributed by atoms with Crippen LogP contribution < -0.4 is 10.2 Å². The topological polar surface area (TPSA) is 50.7 Å². The van der Waals surface area contributed by atoms with Crippen LogP contribution in [0.1, 0.15) is 15.9 Å². The van der Waals surface area contributed by atoms with Crippen molar-refractivity contribution < 1.29 is 9.53 Å². The lowest BCUT2D eigenvalue weighted by Gasteiger charge is -2.09. The summed E-state index contributed by atoms with van der Waals surface area (Å²) in [7, 11) is 1.55. The number of hydrazone groups is 1. The smallest absolute Gasteiger partial charge is 0.275 e. The van der Waals surface area contributed by atoms with Crippen LogP contribution in [0.3, 0.4) is 0 Å². The van der Waals surface area contributed by atoms with Gasteiger partial charge >= 0.3 is 0 Å². The Morgan fingerprint density at radius 1 is 0.968 bits per heavy atom. The van der Waals surface area contributed by atoms with Crippen molar-refractivity contribution in [1.82, 2.24) is 5.43 Å². The first-order valence-electron chi connectivity index (χ1n) is 9.56. The molecule has 4 aromatic carbocycles. The summed E-state index contributed by atoms with van der Waals surface area (Å²) >= 11 is 7.57. The summed E-state index contributed by atoms with van der Waals surface area (Å²) in [4.78, 5) is 14.8. The molecule has 154 valence electrons. The van der Waals surface area contributed by atoms with E-state index in [4.69, 9.17) is 16.3 Å². The van der Waals surface area contributed by atoms with E-state index in [1.165, 1.54) is 0 Å². The van der Waals surface area contributed by atoms with Crippen LogP contribution in [0.2, 0.25) is 5.02 Å². The molecule has 0 bridgehead atoms. The zero-order valence-corrected chi connectivity index (χ0v) is 18.3. The SMILES string of the molecule is COc1cc2ccccc2cc1C(=O)NN=Cc1ccccc1Sc1ccc(Cl)cc1. The van der Waals surface area contributed by atoms with Gasteiger partial charge in [0.1, 0.15) is 5.75 Å². The Balaban J connectivity index is 1.52. The third kappa shape index (κ3) is 5.08. The summed E-state index contributed by atoms with van der Waals surface area (Å²) in [5.74, 6) is 0.173. The van der Waals surface area contributed by atoms with Crippen molar-refractivity contribution in [2.45, 2.75) is 9.79 Å². The number of methoxy groups -OCH3 is 1. The van der Waals surface area contributed by atoms with Crippen LogP contribution in [0.15, 0.2) is 99.8 Å².